The standard InChI is InChI=1S/C9H14O3/c1-11-8(10)7-3-2-4-9(5-7)6-12-9/h7H,2-6H2,1H3. The van der Waals surface area contributed by atoms with Crippen LogP contribution in [0.1, 0.15) is 25.7 Å². The van der Waals surface area contributed by atoms with Gasteiger partial charge in [-0.05, 0) is 25.7 Å². The molecule has 1 saturated heterocycles. The minimum Gasteiger partial charge on any atom is -0.469 e. The van der Waals surface area contributed by atoms with Crippen molar-refractivity contribution in [1.82, 2.24) is 0 Å². The van der Waals surface area contributed by atoms with Gasteiger partial charge in [-0.1, -0.05) is 0 Å². The first kappa shape index (κ1) is 8.05. The highest BCUT2D eigenvalue weighted by molar-refractivity contribution is 5.72. The van der Waals surface area contributed by atoms with E-state index < -0.39 is 0 Å². The van der Waals surface area contributed by atoms with Crippen molar-refractivity contribution in [1.29, 1.82) is 0 Å². The summed E-state index contributed by atoms with van der Waals surface area (Å²) in [6.07, 6.45) is 4.07. The molecule has 0 aromatic rings. The van der Waals surface area contributed by atoms with Gasteiger partial charge in [-0.15, -0.1) is 0 Å². The summed E-state index contributed by atoms with van der Waals surface area (Å²) < 4.78 is 10.1. The van der Waals surface area contributed by atoms with E-state index in [9.17, 15) is 4.79 Å². The molecule has 1 aliphatic carbocycles. The molecule has 2 atom stereocenters. The Morgan fingerprint density at radius 3 is 3.00 bits per heavy atom. The maximum atomic E-state index is 11.2. The van der Waals surface area contributed by atoms with Crippen molar-refractivity contribution < 1.29 is 14.3 Å². The Labute approximate surface area is 72.0 Å². The second-order valence-electron chi connectivity index (χ2n) is 3.79. The van der Waals surface area contributed by atoms with E-state index in [4.69, 9.17) is 9.47 Å². The van der Waals surface area contributed by atoms with E-state index in [-0.39, 0.29) is 17.5 Å². The molecule has 2 fully saturated rings. The Kier molecular flexibility index (Phi) is 1.83. The minimum atomic E-state index is -0.0652. The average molecular weight is 170 g/mol. The van der Waals surface area contributed by atoms with Gasteiger partial charge in [0, 0.05) is 0 Å². The van der Waals surface area contributed by atoms with Crippen molar-refractivity contribution >= 4 is 5.97 Å². The lowest BCUT2D eigenvalue weighted by molar-refractivity contribution is -0.147. The molecule has 0 N–H and O–H groups in total. The summed E-state index contributed by atoms with van der Waals surface area (Å²) >= 11 is 0. The molecule has 1 spiro atoms. The van der Waals surface area contributed by atoms with Crippen LogP contribution in [0.25, 0.3) is 0 Å². The highest BCUT2D eigenvalue weighted by Crippen LogP contribution is 2.44. The third-order valence-corrected chi connectivity index (χ3v) is 2.89. The zero-order valence-electron chi connectivity index (χ0n) is 7.34. The second-order valence-corrected chi connectivity index (χ2v) is 3.79. The van der Waals surface area contributed by atoms with Crippen LogP contribution in [-0.2, 0) is 14.3 Å². The average Bonchev–Trinajstić information content (AvgIpc) is 2.84. The van der Waals surface area contributed by atoms with Crippen molar-refractivity contribution in [3.05, 3.63) is 0 Å². The van der Waals surface area contributed by atoms with Crippen molar-refractivity contribution in [2.75, 3.05) is 13.7 Å². The number of hydrogen-bond donors (Lipinski definition) is 0. The van der Waals surface area contributed by atoms with Gasteiger partial charge in [0.05, 0.1) is 25.2 Å². The van der Waals surface area contributed by atoms with Crippen LogP contribution < -0.4 is 0 Å². The molecule has 1 heterocycles. The molecule has 2 unspecified atom stereocenters. The third kappa shape index (κ3) is 1.33. The Balaban J connectivity index is 1.94. The van der Waals surface area contributed by atoms with Crippen molar-refractivity contribution in [2.24, 2.45) is 5.92 Å². The summed E-state index contributed by atoms with van der Waals surface area (Å²) in [5.74, 6) is 0.0239. The smallest absolute Gasteiger partial charge is 0.308 e. The number of ether oxygens (including phenoxy) is 2. The lowest BCUT2D eigenvalue weighted by Gasteiger charge is -2.24. The van der Waals surface area contributed by atoms with Crippen LogP contribution >= 0.6 is 0 Å². The van der Waals surface area contributed by atoms with E-state index in [1.54, 1.807) is 0 Å². The van der Waals surface area contributed by atoms with Gasteiger partial charge in [0.15, 0.2) is 0 Å². The molecule has 1 aliphatic heterocycles. The third-order valence-electron chi connectivity index (χ3n) is 2.89. The fraction of sp³-hybridized carbons (Fsp3) is 0.889. The molecule has 0 aromatic carbocycles. The number of esters is 1. The van der Waals surface area contributed by atoms with E-state index in [0.717, 1.165) is 32.3 Å². The van der Waals surface area contributed by atoms with Crippen LogP contribution in [0.3, 0.4) is 0 Å². The van der Waals surface area contributed by atoms with Gasteiger partial charge in [0.1, 0.15) is 0 Å². The SMILES string of the molecule is COC(=O)C1CCCC2(CO2)C1. The van der Waals surface area contributed by atoms with E-state index >= 15 is 0 Å². The Morgan fingerprint density at radius 2 is 2.42 bits per heavy atom. The van der Waals surface area contributed by atoms with Gasteiger partial charge in [0.2, 0.25) is 0 Å². The molecule has 3 nitrogen and oxygen atoms in total. The lowest BCUT2D eigenvalue weighted by Crippen LogP contribution is -2.28. The molecule has 68 valence electrons. The summed E-state index contributed by atoms with van der Waals surface area (Å²) in [7, 11) is 1.46. The van der Waals surface area contributed by atoms with Crippen LogP contribution in [0.2, 0.25) is 0 Å². The summed E-state index contributed by atoms with van der Waals surface area (Å²) in [5.41, 5.74) is 0.0805. The molecule has 0 aromatic heterocycles. The number of epoxide rings is 1. The number of hydrogen-bond acceptors (Lipinski definition) is 3. The first-order chi connectivity index (χ1) is 5.76. The molecule has 12 heavy (non-hydrogen) atoms. The molecule has 1 saturated carbocycles. The van der Waals surface area contributed by atoms with Crippen LogP contribution in [-0.4, -0.2) is 25.3 Å². The van der Waals surface area contributed by atoms with Crippen LogP contribution in [0.4, 0.5) is 0 Å². The first-order valence-electron chi connectivity index (χ1n) is 4.48. The molecule has 0 radical (unpaired) electrons. The van der Waals surface area contributed by atoms with Crippen molar-refractivity contribution in [3.8, 4) is 0 Å². The first-order valence-corrected chi connectivity index (χ1v) is 4.48. The van der Waals surface area contributed by atoms with Gasteiger partial charge < -0.3 is 9.47 Å². The summed E-state index contributed by atoms with van der Waals surface area (Å²) in [4.78, 5) is 11.2. The Morgan fingerprint density at radius 1 is 1.67 bits per heavy atom. The topological polar surface area (TPSA) is 38.8 Å². The lowest BCUT2D eigenvalue weighted by atomic mass is 9.81. The van der Waals surface area contributed by atoms with Crippen molar-refractivity contribution in [2.45, 2.75) is 31.3 Å². The Bertz CT molecular complexity index is 196. The van der Waals surface area contributed by atoms with Crippen LogP contribution in [0.5, 0.6) is 0 Å². The second kappa shape index (κ2) is 2.73. The highest BCUT2D eigenvalue weighted by atomic mass is 16.6. The van der Waals surface area contributed by atoms with E-state index in [1.807, 2.05) is 0 Å². The van der Waals surface area contributed by atoms with E-state index in [0.29, 0.717) is 0 Å². The Hall–Kier alpha value is -0.570. The van der Waals surface area contributed by atoms with E-state index in [2.05, 4.69) is 0 Å². The number of rotatable bonds is 1. The van der Waals surface area contributed by atoms with Gasteiger partial charge in [0.25, 0.3) is 0 Å². The summed E-state index contributed by atoms with van der Waals surface area (Å²) in [6, 6.07) is 0. The summed E-state index contributed by atoms with van der Waals surface area (Å²) in [6.45, 7) is 0.848. The number of carbonyl (C=O) groups excluding carboxylic acids is 1. The number of carbonyl (C=O) groups is 1. The molecular formula is C9H14O3. The zero-order chi connectivity index (χ0) is 8.60. The summed E-state index contributed by atoms with van der Waals surface area (Å²) in [5, 5.41) is 0. The molecule has 3 heteroatoms. The van der Waals surface area contributed by atoms with E-state index in [1.165, 1.54) is 7.11 Å². The van der Waals surface area contributed by atoms with Gasteiger partial charge in [-0.3, -0.25) is 4.79 Å². The quantitative estimate of drug-likeness (QED) is 0.437. The normalized spacial score (nSPS) is 39.6. The molecular weight excluding hydrogens is 156 g/mol. The minimum absolute atomic E-state index is 0.0652. The largest absolute Gasteiger partial charge is 0.469 e. The predicted molar refractivity (Wildman–Crippen MR) is 42.7 cm³/mol. The zero-order valence-corrected chi connectivity index (χ0v) is 7.34. The van der Waals surface area contributed by atoms with Gasteiger partial charge in [-0.2, -0.15) is 0 Å². The molecule has 2 rings (SSSR count). The maximum Gasteiger partial charge on any atom is 0.308 e. The number of methoxy groups -OCH3 is 1. The highest BCUT2D eigenvalue weighted by Gasteiger charge is 2.49. The fourth-order valence-corrected chi connectivity index (χ4v) is 2.06. The predicted octanol–water partition coefficient (Wildman–Crippen LogP) is 1.12. The van der Waals surface area contributed by atoms with Gasteiger partial charge >= 0.3 is 5.97 Å². The fourth-order valence-electron chi connectivity index (χ4n) is 2.06. The van der Waals surface area contributed by atoms with Crippen molar-refractivity contribution in [3.63, 3.8) is 0 Å². The van der Waals surface area contributed by atoms with Crippen LogP contribution in [0.15, 0.2) is 0 Å². The maximum absolute atomic E-state index is 11.2. The van der Waals surface area contributed by atoms with Gasteiger partial charge in [-0.25, -0.2) is 0 Å². The van der Waals surface area contributed by atoms with Crippen LogP contribution in [0, 0.1) is 5.92 Å². The molecule has 0 bridgehead atoms. The molecule has 2 aliphatic rings. The molecule has 0 amide bonds. The monoisotopic (exact) mass is 170 g/mol.